The fourth-order valence-electron chi connectivity index (χ4n) is 4.46. The lowest BCUT2D eigenvalue weighted by Gasteiger charge is -2.43. The maximum Gasteiger partial charge on any atom is 0.325 e. The van der Waals surface area contributed by atoms with Crippen LogP contribution in [-0.4, -0.2) is 58.9 Å². The highest BCUT2D eigenvalue weighted by Gasteiger charge is 2.55. The molecule has 0 radical (unpaired) electrons. The second kappa shape index (κ2) is 6.27. The molecular formula is C18H30N4O3. The number of likely N-dealkylation sites (tertiary alicyclic amines) is 1. The van der Waals surface area contributed by atoms with Gasteiger partial charge in [0, 0.05) is 19.1 Å². The van der Waals surface area contributed by atoms with Crippen molar-refractivity contribution < 1.29 is 14.4 Å². The van der Waals surface area contributed by atoms with E-state index in [0.717, 1.165) is 30.6 Å². The van der Waals surface area contributed by atoms with Crippen molar-refractivity contribution in [3.63, 3.8) is 0 Å². The van der Waals surface area contributed by atoms with Crippen LogP contribution in [0.2, 0.25) is 0 Å². The molecule has 1 saturated carbocycles. The Labute approximate surface area is 149 Å². The molecule has 0 aromatic rings. The normalized spacial score (nSPS) is 35.2. The molecule has 3 atom stereocenters. The summed E-state index contributed by atoms with van der Waals surface area (Å²) < 4.78 is 0. The lowest BCUT2D eigenvalue weighted by atomic mass is 9.73. The SMILES string of the molecule is CC1CCCCC12NC(=O)N(CC(=O)N1CCC(N)C(C)(C)C1)C2=O. The van der Waals surface area contributed by atoms with Gasteiger partial charge in [0.2, 0.25) is 5.91 Å². The van der Waals surface area contributed by atoms with E-state index in [-0.39, 0.29) is 35.7 Å². The molecule has 0 aromatic heterocycles. The van der Waals surface area contributed by atoms with E-state index in [1.54, 1.807) is 4.90 Å². The Morgan fingerprint density at radius 1 is 1.28 bits per heavy atom. The quantitative estimate of drug-likeness (QED) is 0.728. The molecule has 3 rings (SSSR count). The van der Waals surface area contributed by atoms with Crippen molar-refractivity contribution in [3.8, 4) is 0 Å². The van der Waals surface area contributed by atoms with Crippen LogP contribution in [0.3, 0.4) is 0 Å². The number of nitrogens with zero attached hydrogens (tertiary/aromatic N) is 2. The van der Waals surface area contributed by atoms with Gasteiger partial charge in [-0.05, 0) is 30.6 Å². The minimum Gasteiger partial charge on any atom is -0.340 e. The predicted octanol–water partition coefficient (Wildman–Crippen LogP) is 1.07. The summed E-state index contributed by atoms with van der Waals surface area (Å²) in [6, 6.07) is -0.375. The van der Waals surface area contributed by atoms with Gasteiger partial charge in [-0.3, -0.25) is 14.5 Å². The third-order valence-electron chi connectivity index (χ3n) is 6.46. The van der Waals surface area contributed by atoms with Crippen LogP contribution in [0, 0.1) is 11.3 Å². The highest BCUT2D eigenvalue weighted by molar-refractivity contribution is 6.09. The number of piperidine rings is 1. The topological polar surface area (TPSA) is 95.7 Å². The molecule has 7 nitrogen and oxygen atoms in total. The van der Waals surface area contributed by atoms with Crippen molar-refractivity contribution >= 4 is 17.8 Å². The van der Waals surface area contributed by atoms with Crippen molar-refractivity contribution in [2.24, 2.45) is 17.1 Å². The van der Waals surface area contributed by atoms with Crippen LogP contribution < -0.4 is 11.1 Å². The van der Waals surface area contributed by atoms with Crippen molar-refractivity contribution in [1.82, 2.24) is 15.1 Å². The lowest BCUT2D eigenvalue weighted by Crippen LogP contribution is -2.56. The molecule has 25 heavy (non-hydrogen) atoms. The van der Waals surface area contributed by atoms with Crippen LogP contribution in [0.5, 0.6) is 0 Å². The molecule has 2 aliphatic heterocycles. The molecule has 1 spiro atoms. The van der Waals surface area contributed by atoms with Gasteiger partial charge in [-0.15, -0.1) is 0 Å². The van der Waals surface area contributed by atoms with Gasteiger partial charge in [0.25, 0.3) is 5.91 Å². The van der Waals surface area contributed by atoms with E-state index in [2.05, 4.69) is 5.32 Å². The van der Waals surface area contributed by atoms with Crippen LogP contribution in [0.1, 0.15) is 52.9 Å². The Morgan fingerprint density at radius 3 is 2.64 bits per heavy atom. The molecule has 1 aliphatic carbocycles. The van der Waals surface area contributed by atoms with Gasteiger partial charge >= 0.3 is 6.03 Å². The van der Waals surface area contributed by atoms with E-state index in [0.29, 0.717) is 19.5 Å². The predicted molar refractivity (Wildman–Crippen MR) is 93.6 cm³/mol. The van der Waals surface area contributed by atoms with Gasteiger partial charge in [0.1, 0.15) is 12.1 Å². The van der Waals surface area contributed by atoms with Crippen LogP contribution >= 0.6 is 0 Å². The number of rotatable bonds is 2. The number of carbonyl (C=O) groups excluding carboxylic acids is 3. The molecule has 0 aromatic carbocycles. The minimum absolute atomic E-state index is 0.0552. The molecular weight excluding hydrogens is 320 g/mol. The van der Waals surface area contributed by atoms with Crippen molar-refractivity contribution in [1.29, 1.82) is 0 Å². The Morgan fingerprint density at radius 2 is 2.00 bits per heavy atom. The van der Waals surface area contributed by atoms with Crippen LogP contribution in [-0.2, 0) is 9.59 Å². The number of nitrogens with two attached hydrogens (primary N) is 1. The maximum atomic E-state index is 13.0. The van der Waals surface area contributed by atoms with Gasteiger partial charge in [-0.2, -0.15) is 0 Å². The number of urea groups is 1. The smallest absolute Gasteiger partial charge is 0.325 e. The number of hydrogen-bond donors (Lipinski definition) is 2. The van der Waals surface area contributed by atoms with E-state index in [1.165, 1.54) is 0 Å². The highest BCUT2D eigenvalue weighted by atomic mass is 16.2. The molecule has 0 bridgehead atoms. The Hall–Kier alpha value is -1.63. The molecule has 3 aliphatic rings. The number of imide groups is 1. The maximum absolute atomic E-state index is 13.0. The summed E-state index contributed by atoms with van der Waals surface area (Å²) in [5.74, 6) is -0.306. The molecule has 7 heteroatoms. The Balaban J connectivity index is 1.69. The van der Waals surface area contributed by atoms with Gasteiger partial charge < -0.3 is 16.0 Å². The van der Waals surface area contributed by atoms with E-state index in [9.17, 15) is 14.4 Å². The highest BCUT2D eigenvalue weighted by Crippen LogP contribution is 2.38. The third-order valence-corrected chi connectivity index (χ3v) is 6.46. The molecule has 4 amide bonds. The van der Waals surface area contributed by atoms with Crippen molar-refractivity contribution in [3.05, 3.63) is 0 Å². The van der Waals surface area contributed by atoms with E-state index >= 15 is 0 Å². The first kappa shape index (κ1) is 18.2. The summed E-state index contributed by atoms with van der Waals surface area (Å²) in [6.45, 7) is 7.06. The second-order valence-corrected chi connectivity index (χ2v) is 8.64. The number of nitrogens with one attached hydrogen (secondary N) is 1. The van der Waals surface area contributed by atoms with Crippen LogP contribution in [0.25, 0.3) is 0 Å². The van der Waals surface area contributed by atoms with Crippen molar-refractivity contribution in [2.75, 3.05) is 19.6 Å². The fourth-order valence-corrected chi connectivity index (χ4v) is 4.46. The zero-order valence-electron chi connectivity index (χ0n) is 15.5. The minimum atomic E-state index is -0.806. The summed E-state index contributed by atoms with van der Waals surface area (Å²) in [5, 5.41) is 2.90. The summed E-state index contributed by atoms with van der Waals surface area (Å²) in [4.78, 5) is 40.9. The van der Waals surface area contributed by atoms with Crippen LogP contribution in [0.4, 0.5) is 4.79 Å². The Kier molecular flexibility index (Phi) is 4.56. The summed E-state index contributed by atoms with van der Waals surface area (Å²) >= 11 is 0. The number of carbonyl (C=O) groups is 3. The number of amides is 4. The van der Waals surface area contributed by atoms with Crippen molar-refractivity contribution in [2.45, 2.75) is 64.5 Å². The average Bonchev–Trinajstić information content (AvgIpc) is 2.78. The second-order valence-electron chi connectivity index (χ2n) is 8.64. The third kappa shape index (κ3) is 3.03. The van der Waals surface area contributed by atoms with Crippen LogP contribution in [0.15, 0.2) is 0 Å². The zero-order chi connectivity index (χ0) is 18.4. The first-order valence-electron chi connectivity index (χ1n) is 9.35. The summed E-state index contributed by atoms with van der Waals surface area (Å²) in [7, 11) is 0. The summed E-state index contributed by atoms with van der Waals surface area (Å²) in [6.07, 6.45) is 4.32. The van der Waals surface area contributed by atoms with Gasteiger partial charge in [-0.25, -0.2) is 4.79 Å². The lowest BCUT2D eigenvalue weighted by molar-refractivity contribution is -0.142. The van der Waals surface area contributed by atoms with E-state index in [4.69, 9.17) is 5.73 Å². The standard InChI is InChI=1S/C18H30N4O3/c1-12-6-4-5-8-18(12)15(24)22(16(25)20-18)10-14(23)21-9-7-13(19)17(2,3)11-21/h12-13H,4-11,19H2,1-3H3,(H,20,25). The number of hydrogen-bond acceptors (Lipinski definition) is 4. The van der Waals surface area contributed by atoms with Gasteiger partial charge in [0.05, 0.1) is 0 Å². The summed E-state index contributed by atoms with van der Waals surface area (Å²) in [5.41, 5.74) is 5.16. The first-order valence-corrected chi connectivity index (χ1v) is 9.35. The molecule has 2 heterocycles. The molecule has 2 saturated heterocycles. The largest absolute Gasteiger partial charge is 0.340 e. The van der Waals surface area contributed by atoms with Gasteiger partial charge in [0.15, 0.2) is 0 Å². The van der Waals surface area contributed by atoms with Gasteiger partial charge in [-0.1, -0.05) is 33.6 Å². The first-order chi connectivity index (χ1) is 11.7. The monoisotopic (exact) mass is 350 g/mol. The Bertz CT molecular complexity index is 591. The molecule has 3 N–H and O–H groups in total. The van der Waals surface area contributed by atoms with E-state index in [1.807, 2.05) is 20.8 Å². The molecule has 3 fully saturated rings. The molecule has 140 valence electrons. The average molecular weight is 350 g/mol. The van der Waals surface area contributed by atoms with E-state index < -0.39 is 11.6 Å². The fraction of sp³-hybridized carbons (Fsp3) is 0.833. The molecule has 3 unspecified atom stereocenters. The zero-order valence-corrected chi connectivity index (χ0v) is 15.5.